The standard InChI is InChI=1S/C18H29N/c1-14(2)15-8-10-16(11-9-15)17(19-4)18(3)12-6-5-7-13-18/h8-11,14,17,19H,5-7,12-13H2,1-4H3. The molecule has 19 heavy (non-hydrogen) atoms. The van der Waals surface area contributed by atoms with E-state index in [1.165, 1.54) is 43.2 Å². The molecule has 0 aromatic heterocycles. The first-order chi connectivity index (χ1) is 9.07. The molecule has 0 spiro atoms. The first kappa shape index (κ1) is 14.6. The molecule has 1 atom stereocenters. The van der Waals surface area contributed by atoms with E-state index >= 15 is 0 Å². The highest BCUT2D eigenvalue weighted by Gasteiger charge is 2.35. The molecule has 1 N–H and O–H groups in total. The second-order valence-corrected chi connectivity index (χ2v) is 6.76. The van der Waals surface area contributed by atoms with Crippen LogP contribution in [0.1, 0.15) is 76.0 Å². The molecular formula is C18H29N. The zero-order chi connectivity index (χ0) is 13.9. The van der Waals surface area contributed by atoms with E-state index in [-0.39, 0.29) is 0 Å². The van der Waals surface area contributed by atoms with Crippen molar-refractivity contribution in [3.05, 3.63) is 35.4 Å². The van der Waals surface area contributed by atoms with Crippen LogP contribution in [-0.4, -0.2) is 7.05 Å². The van der Waals surface area contributed by atoms with E-state index in [9.17, 15) is 0 Å². The van der Waals surface area contributed by atoms with Gasteiger partial charge in [-0.2, -0.15) is 0 Å². The van der Waals surface area contributed by atoms with Crippen LogP contribution in [0.2, 0.25) is 0 Å². The average molecular weight is 259 g/mol. The summed E-state index contributed by atoms with van der Waals surface area (Å²) in [7, 11) is 2.11. The van der Waals surface area contributed by atoms with Crippen LogP contribution < -0.4 is 5.32 Å². The van der Waals surface area contributed by atoms with Crippen molar-refractivity contribution in [1.29, 1.82) is 0 Å². The lowest BCUT2D eigenvalue weighted by Crippen LogP contribution is -2.36. The van der Waals surface area contributed by atoms with Crippen LogP contribution in [0.15, 0.2) is 24.3 Å². The van der Waals surface area contributed by atoms with Crippen molar-refractivity contribution >= 4 is 0 Å². The third-order valence-corrected chi connectivity index (χ3v) is 4.92. The van der Waals surface area contributed by atoms with Gasteiger partial charge < -0.3 is 5.32 Å². The largest absolute Gasteiger partial charge is 0.313 e. The first-order valence-corrected chi connectivity index (χ1v) is 7.84. The maximum absolute atomic E-state index is 3.58. The van der Waals surface area contributed by atoms with Gasteiger partial charge >= 0.3 is 0 Å². The summed E-state index contributed by atoms with van der Waals surface area (Å²) in [6.45, 7) is 6.98. The molecule has 1 aliphatic rings. The summed E-state index contributed by atoms with van der Waals surface area (Å²) in [5, 5.41) is 3.58. The van der Waals surface area contributed by atoms with Gasteiger partial charge in [-0.15, -0.1) is 0 Å². The fourth-order valence-electron chi connectivity index (χ4n) is 3.64. The molecule has 1 unspecified atom stereocenters. The van der Waals surface area contributed by atoms with Gasteiger partial charge in [-0.1, -0.05) is 64.3 Å². The summed E-state index contributed by atoms with van der Waals surface area (Å²) in [4.78, 5) is 0. The van der Waals surface area contributed by atoms with E-state index in [0.717, 1.165) is 0 Å². The fraction of sp³-hybridized carbons (Fsp3) is 0.667. The summed E-state index contributed by atoms with van der Waals surface area (Å²) in [6.07, 6.45) is 6.89. The highest BCUT2D eigenvalue weighted by atomic mass is 14.9. The Labute approximate surface area is 118 Å². The Kier molecular flexibility index (Phi) is 4.67. The first-order valence-electron chi connectivity index (χ1n) is 7.84. The van der Waals surface area contributed by atoms with E-state index in [4.69, 9.17) is 0 Å². The van der Waals surface area contributed by atoms with E-state index in [0.29, 0.717) is 17.4 Å². The van der Waals surface area contributed by atoms with Gasteiger partial charge in [-0.3, -0.25) is 0 Å². The molecule has 0 heterocycles. The van der Waals surface area contributed by atoms with Crippen molar-refractivity contribution in [3.63, 3.8) is 0 Å². The predicted octanol–water partition coefficient (Wildman–Crippen LogP) is 5.04. The van der Waals surface area contributed by atoms with E-state index in [1.807, 2.05) is 0 Å². The third kappa shape index (κ3) is 3.20. The van der Waals surface area contributed by atoms with Crippen molar-refractivity contribution in [2.75, 3.05) is 7.05 Å². The van der Waals surface area contributed by atoms with Gasteiger partial charge in [0.05, 0.1) is 0 Å². The number of hydrogen-bond donors (Lipinski definition) is 1. The lowest BCUT2D eigenvalue weighted by atomic mass is 9.68. The predicted molar refractivity (Wildman–Crippen MR) is 83.5 cm³/mol. The van der Waals surface area contributed by atoms with Crippen LogP contribution in [0.25, 0.3) is 0 Å². The van der Waals surface area contributed by atoms with Crippen LogP contribution in [0.3, 0.4) is 0 Å². The normalized spacial score (nSPS) is 20.5. The molecule has 1 heteroatoms. The van der Waals surface area contributed by atoms with Crippen LogP contribution >= 0.6 is 0 Å². The minimum absolute atomic E-state index is 0.423. The molecule has 1 nitrogen and oxygen atoms in total. The van der Waals surface area contributed by atoms with Crippen molar-refractivity contribution in [2.24, 2.45) is 5.41 Å². The quantitative estimate of drug-likeness (QED) is 0.798. The number of nitrogens with one attached hydrogen (secondary N) is 1. The zero-order valence-corrected chi connectivity index (χ0v) is 13.0. The Balaban J connectivity index is 2.21. The molecule has 1 aromatic rings. The average Bonchev–Trinajstić information content (AvgIpc) is 2.40. The Hall–Kier alpha value is -0.820. The topological polar surface area (TPSA) is 12.0 Å². The number of rotatable bonds is 4. The Morgan fingerprint density at radius 3 is 1.95 bits per heavy atom. The van der Waals surface area contributed by atoms with Gasteiger partial charge in [0.25, 0.3) is 0 Å². The minimum atomic E-state index is 0.423. The molecular weight excluding hydrogens is 230 g/mol. The molecule has 0 amide bonds. The maximum Gasteiger partial charge on any atom is 0.0372 e. The second kappa shape index (κ2) is 6.09. The Bertz CT molecular complexity index is 385. The third-order valence-electron chi connectivity index (χ3n) is 4.92. The van der Waals surface area contributed by atoms with E-state index in [1.54, 1.807) is 0 Å². The van der Waals surface area contributed by atoms with Gasteiger partial charge in [0.15, 0.2) is 0 Å². The van der Waals surface area contributed by atoms with E-state index < -0.39 is 0 Å². The summed E-state index contributed by atoms with van der Waals surface area (Å²) in [5.74, 6) is 0.618. The van der Waals surface area contributed by atoms with Crippen molar-refractivity contribution < 1.29 is 0 Å². The molecule has 1 fully saturated rings. The molecule has 1 aromatic carbocycles. The molecule has 106 valence electrons. The molecule has 0 bridgehead atoms. The highest BCUT2D eigenvalue weighted by Crippen LogP contribution is 2.45. The van der Waals surface area contributed by atoms with Crippen LogP contribution in [0, 0.1) is 5.41 Å². The van der Waals surface area contributed by atoms with Gasteiger partial charge in [0.1, 0.15) is 0 Å². The Morgan fingerprint density at radius 2 is 1.47 bits per heavy atom. The van der Waals surface area contributed by atoms with Crippen molar-refractivity contribution in [2.45, 2.75) is 64.8 Å². The zero-order valence-electron chi connectivity index (χ0n) is 13.0. The lowest BCUT2D eigenvalue weighted by Gasteiger charge is -2.41. The summed E-state index contributed by atoms with van der Waals surface area (Å²) >= 11 is 0. The van der Waals surface area contributed by atoms with E-state index in [2.05, 4.69) is 57.4 Å². The SMILES string of the molecule is CNC(c1ccc(C(C)C)cc1)C1(C)CCCCC1. The summed E-state index contributed by atoms with van der Waals surface area (Å²) in [6, 6.07) is 9.76. The summed E-state index contributed by atoms with van der Waals surface area (Å²) in [5.41, 5.74) is 3.32. The molecule has 0 saturated heterocycles. The summed E-state index contributed by atoms with van der Waals surface area (Å²) < 4.78 is 0. The van der Waals surface area contributed by atoms with Gasteiger partial charge in [0.2, 0.25) is 0 Å². The molecule has 1 aliphatic carbocycles. The molecule has 2 rings (SSSR count). The van der Waals surface area contributed by atoms with Crippen molar-refractivity contribution in [3.8, 4) is 0 Å². The second-order valence-electron chi connectivity index (χ2n) is 6.76. The highest BCUT2D eigenvalue weighted by molar-refractivity contribution is 5.28. The van der Waals surface area contributed by atoms with Crippen LogP contribution in [0.5, 0.6) is 0 Å². The smallest absolute Gasteiger partial charge is 0.0372 e. The fourth-order valence-corrected chi connectivity index (χ4v) is 3.64. The lowest BCUT2D eigenvalue weighted by molar-refractivity contribution is 0.150. The molecule has 0 aliphatic heterocycles. The van der Waals surface area contributed by atoms with Crippen molar-refractivity contribution in [1.82, 2.24) is 5.32 Å². The number of hydrogen-bond acceptors (Lipinski definition) is 1. The van der Waals surface area contributed by atoms with Crippen LogP contribution in [0.4, 0.5) is 0 Å². The minimum Gasteiger partial charge on any atom is -0.313 e. The monoisotopic (exact) mass is 259 g/mol. The van der Waals surface area contributed by atoms with Gasteiger partial charge in [-0.25, -0.2) is 0 Å². The maximum atomic E-state index is 3.58. The Morgan fingerprint density at radius 1 is 0.947 bits per heavy atom. The van der Waals surface area contributed by atoms with Gasteiger partial charge in [-0.05, 0) is 42.3 Å². The van der Waals surface area contributed by atoms with Gasteiger partial charge in [0, 0.05) is 6.04 Å². The number of benzene rings is 1. The molecule has 0 radical (unpaired) electrons. The molecule has 1 saturated carbocycles. The van der Waals surface area contributed by atoms with Crippen LogP contribution in [-0.2, 0) is 0 Å².